The molecule has 3 unspecified atom stereocenters. The Morgan fingerprint density at radius 2 is 1.69 bits per heavy atom. The summed E-state index contributed by atoms with van der Waals surface area (Å²) in [6.45, 7) is -0.482. The van der Waals surface area contributed by atoms with Crippen LogP contribution >= 0.6 is 21.6 Å². The van der Waals surface area contributed by atoms with Gasteiger partial charge in [-0.15, -0.1) is 0 Å². The quantitative estimate of drug-likeness (QED) is 0.0223. The Bertz CT molecular complexity index is 3870. The Kier molecular flexibility index (Phi) is 20.0. The van der Waals surface area contributed by atoms with Gasteiger partial charge in [0.05, 0.1) is 37.5 Å². The molecular formula is C58H55F4N11O12S3. The first-order chi connectivity index (χ1) is 42.1. The van der Waals surface area contributed by atoms with Crippen LogP contribution in [0.25, 0.3) is 33.2 Å². The molecule has 6 heterocycles. The number of carboxylic acid groups (broad SMARTS) is 1. The van der Waals surface area contributed by atoms with Crippen LogP contribution in [-0.4, -0.2) is 136 Å². The molecule has 9 rings (SSSR count). The number of fused-ring (bicyclic) bond motifs is 2. The zero-order valence-electron chi connectivity index (χ0n) is 46.6. The number of carboxylic acids is 1. The molecule has 3 aliphatic rings. The minimum atomic E-state index is -4.53. The van der Waals surface area contributed by atoms with Gasteiger partial charge >= 0.3 is 12.1 Å². The summed E-state index contributed by atoms with van der Waals surface area (Å²) in [6.07, 6.45) is 2.32. The SMILES string of the molecule is COc1ncc(-c2ccc3nccc(-c4ccc(CNC(=O)OCCSSCC(NC(=O)CCC(=O)NCc5cccc6c5CN(C(=O)CC5CC(C(=O)N7CC(F)(F)C[C@H]7C#N)NC5=O)C6)C(=O)O)nc4)c3c2)cc1NS(=O)(=O)c1ccc(F)cc1F. The van der Waals surface area contributed by atoms with E-state index in [-0.39, 0.29) is 87.4 Å². The predicted molar refractivity (Wildman–Crippen MR) is 312 cm³/mol. The van der Waals surface area contributed by atoms with Crippen molar-refractivity contribution in [2.45, 2.75) is 87.2 Å². The number of hydrogen-bond acceptors (Lipinski definition) is 17. The molecule has 3 aliphatic heterocycles. The Hall–Kier alpha value is -9.08. The van der Waals surface area contributed by atoms with Crippen LogP contribution in [-0.2, 0) is 69.7 Å². The number of halogens is 4. The minimum Gasteiger partial charge on any atom is -0.480 e. The van der Waals surface area contributed by atoms with Gasteiger partial charge in [-0.25, -0.2) is 40.6 Å². The third kappa shape index (κ3) is 15.5. The Morgan fingerprint density at radius 3 is 2.44 bits per heavy atom. The fourth-order valence-corrected chi connectivity index (χ4v) is 13.2. The molecule has 6 N–H and O–H groups in total. The average molecular weight is 1270 g/mol. The molecule has 3 aromatic carbocycles. The zero-order valence-corrected chi connectivity index (χ0v) is 49.0. The maximum atomic E-state index is 14.5. The van der Waals surface area contributed by atoms with Gasteiger partial charge in [-0.1, -0.05) is 51.9 Å². The Balaban J connectivity index is 0.664. The molecule has 0 saturated carbocycles. The third-order valence-corrected chi connectivity index (χ3v) is 18.3. The molecule has 0 radical (unpaired) electrons. The fourth-order valence-electron chi connectivity index (χ4n) is 10.1. The summed E-state index contributed by atoms with van der Waals surface area (Å²) in [6, 6.07) is 17.6. The second-order valence-electron chi connectivity index (χ2n) is 20.6. The molecule has 2 fully saturated rings. The van der Waals surface area contributed by atoms with Crippen LogP contribution in [0.3, 0.4) is 0 Å². The predicted octanol–water partition coefficient (Wildman–Crippen LogP) is 6.22. The minimum absolute atomic E-state index is 0.0245. The summed E-state index contributed by atoms with van der Waals surface area (Å²) in [4.78, 5) is 104. The first-order valence-corrected chi connectivity index (χ1v) is 31.1. The van der Waals surface area contributed by atoms with E-state index in [0.29, 0.717) is 44.9 Å². The van der Waals surface area contributed by atoms with Crippen LogP contribution in [0.15, 0.2) is 102 Å². The van der Waals surface area contributed by atoms with Crippen molar-refractivity contribution in [3.63, 3.8) is 0 Å². The van der Waals surface area contributed by atoms with Crippen molar-refractivity contribution in [3.8, 4) is 34.2 Å². The highest BCUT2D eigenvalue weighted by atomic mass is 33.1. The normalized spacial score (nSPS) is 17.1. The number of methoxy groups -OCH3 is 1. The number of nitrogens with zero attached hydrogens (tertiary/aromatic N) is 6. The van der Waals surface area contributed by atoms with E-state index in [9.17, 15) is 69.9 Å². The number of ether oxygens (including phenoxy) is 2. The highest BCUT2D eigenvalue weighted by molar-refractivity contribution is 8.76. The molecule has 88 heavy (non-hydrogen) atoms. The van der Waals surface area contributed by atoms with Gasteiger partial charge in [-0.2, -0.15) is 5.26 Å². The van der Waals surface area contributed by atoms with Gasteiger partial charge in [0.15, 0.2) is 0 Å². The Morgan fingerprint density at radius 1 is 0.909 bits per heavy atom. The number of carbonyl (C=O) groups is 7. The number of alkyl carbamates (subject to hydrolysis) is 1. The van der Waals surface area contributed by atoms with Crippen molar-refractivity contribution < 1.29 is 74.1 Å². The molecule has 0 aliphatic carbocycles. The van der Waals surface area contributed by atoms with Gasteiger partial charge < -0.3 is 45.6 Å². The number of nitrogens with one attached hydrogen (secondary N) is 5. The molecule has 4 atom stereocenters. The van der Waals surface area contributed by atoms with Crippen molar-refractivity contribution in [1.29, 1.82) is 5.26 Å². The smallest absolute Gasteiger partial charge is 0.407 e. The van der Waals surface area contributed by atoms with E-state index in [2.05, 4.69) is 40.9 Å². The third-order valence-electron chi connectivity index (χ3n) is 14.6. The number of rotatable bonds is 24. The molecule has 6 aromatic rings. The summed E-state index contributed by atoms with van der Waals surface area (Å²) in [5.74, 6) is -10.4. The van der Waals surface area contributed by atoms with Crippen molar-refractivity contribution in [3.05, 3.63) is 131 Å². The number of carbonyl (C=O) groups excluding carboxylic acids is 6. The first kappa shape index (κ1) is 63.4. The largest absolute Gasteiger partial charge is 0.480 e. The number of hydrogen-bond donors (Lipinski definition) is 6. The molecule has 0 bridgehead atoms. The van der Waals surface area contributed by atoms with E-state index < -0.39 is 105 Å². The second kappa shape index (κ2) is 27.7. The number of benzene rings is 3. The maximum absolute atomic E-state index is 14.5. The maximum Gasteiger partial charge on any atom is 0.407 e. The fraction of sp³-hybridized carbons (Fsp3) is 0.328. The molecule has 3 aromatic heterocycles. The van der Waals surface area contributed by atoms with E-state index in [1.807, 2.05) is 18.2 Å². The number of likely N-dealkylation sites (tertiary alicyclic amines) is 1. The molecule has 2 saturated heterocycles. The monoisotopic (exact) mass is 1270 g/mol. The molecular weight excluding hydrogens is 1210 g/mol. The van der Waals surface area contributed by atoms with Gasteiger partial charge in [-0.05, 0) is 76.7 Å². The molecule has 30 heteroatoms. The van der Waals surface area contributed by atoms with Crippen LogP contribution in [0.1, 0.15) is 54.5 Å². The zero-order chi connectivity index (χ0) is 62.9. The number of nitriles is 1. The highest BCUT2D eigenvalue weighted by Gasteiger charge is 2.50. The summed E-state index contributed by atoms with van der Waals surface area (Å²) in [7, 11) is -0.896. The van der Waals surface area contributed by atoms with Gasteiger partial charge in [0.25, 0.3) is 15.9 Å². The van der Waals surface area contributed by atoms with E-state index in [1.165, 1.54) is 35.1 Å². The number of aromatic nitrogens is 3. The van der Waals surface area contributed by atoms with E-state index in [4.69, 9.17) is 9.47 Å². The lowest BCUT2D eigenvalue weighted by atomic mass is 9.98. The van der Waals surface area contributed by atoms with Crippen molar-refractivity contribution in [1.82, 2.24) is 46.0 Å². The standard InChI is InChI=1S/C58H55F4N11O12S3/c1-84-54-46(71-88(82,83)49-10-7-38(59)21-44(49)60)19-37(26-67-54)32-6-9-45-42(17-32)41(13-14-64-45)34-5-8-39(65-24-34)27-68-57(81)85-15-16-86-87-30-48(56(79)80)69-51(75)12-11-50(74)66-25-33-3-2-4-35-28-72(29-43(33)35)52(76)20-36-18-47(70-53(36)77)55(78)73-31-58(61,62)22-40(73)23-63/h2-10,13-14,17,19,21,24,26,36,40,47-48,71H,11-12,15-16,18,20,22,25,27-31H2,1H3,(H,66,74)(H,68,81)(H,69,75)(H,70,77)(H,79,80)/t36?,40-,47?,48?/m0/s1. The average Bonchev–Trinajstić information content (AvgIpc) is 1.64. The summed E-state index contributed by atoms with van der Waals surface area (Å²) < 4.78 is 95.1. The van der Waals surface area contributed by atoms with Crippen molar-refractivity contribution >= 4 is 89.8 Å². The van der Waals surface area contributed by atoms with Crippen molar-refractivity contribution in [2.75, 3.05) is 36.5 Å². The van der Waals surface area contributed by atoms with Gasteiger partial charge in [0.1, 0.15) is 46.9 Å². The number of aliphatic carboxylic acids is 1. The lowest BCUT2D eigenvalue weighted by molar-refractivity contribution is -0.141. The number of amides is 6. The number of sulfonamides is 1. The van der Waals surface area contributed by atoms with E-state index in [0.717, 1.165) is 44.5 Å². The highest BCUT2D eigenvalue weighted by Crippen LogP contribution is 2.37. The number of pyridine rings is 3. The number of anilines is 1. The van der Waals surface area contributed by atoms with E-state index in [1.54, 1.807) is 54.9 Å². The molecule has 23 nitrogen and oxygen atoms in total. The Labute approximate surface area is 508 Å². The lowest BCUT2D eigenvalue weighted by Crippen LogP contribution is -2.46. The second-order valence-corrected chi connectivity index (χ2v) is 24.9. The van der Waals surface area contributed by atoms with Gasteiger partial charge in [-0.3, -0.25) is 38.7 Å². The van der Waals surface area contributed by atoms with Gasteiger partial charge in [0.2, 0.25) is 35.4 Å². The van der Waals surface area contributed by atoms with Crippen LogP contribution in [0.4, 0.5) is 28.0 Å². The van der Waals surface area contributed by atoms with Crippen LogP contribution in [0.5, 0.6) is 5.88 Å². The van der Waals surface area contributed by atoms with Gasteiger partial charge in [0, 0.05) is 104 Å². The summed E-state index contributed by atoms with van der Waals surface area (Å²) >= 11 is 0. The van der Waals surface area contributed by atoms with Crippen LogP contribution in [0, 0.1) is 28.9 Å². The summed E-state index contributed by atoms with van der Waals surface area (Å²) in [5, 5.41) is 30.1. The topological polar surface area (TPSA) is 321 Å². The van der Waals surface area contributed by atoms with Crippen molar-refractivity contribution in [2.24, 2.45) is 5.92 Å². The van der Waals surface area contributed by atoms with Crippen LogP contribution < -0.4 is 30.7 Å². The molecule has 0 spiro atoms. The van der Waals surface area contributed by atoms with E-state index >= 15 is 0 Å². The summed E-state index contributed by atoms with van der Waals surface area (Å²) in [5.41, 5.74) is 5.90. The molecule has 460 valence electrons. The first-order valence-electron chi connectivity index (χ1n) is 27.1. The van der Waals surface area contributed by atoms with Crippen LogP contribution in [0.2, 0.25) is 0 Å². The number of alkyl halides is 2. The molecule has 6 amide bonds. The lowest BCUT2D eigenvalue weighted by Gasteiger charge is -2.22.